The van der Waals surface area contributed by atoms with Crippen LogP contribution in [-0.4, -0.2) is 39.0 Å². The summed E-state index contributed by atoms with van der Waals surface area (Å²) >= 11 is 0. The van der Waals surface area contributed by atoms with Crippen LogP contribution in [0, 0.1) is 0 Å². The number of sulfonamides is 1. The summed E-state index contributed by atoms with van der Waals surface area (Å²) in [5.41, 5.74) is 0. The number of nitrogens with zero attached hydrogens (tertiary/aromatic N) is 1. The summed E-state index contributed by atoms with van der Waals surface area (Å²) in [5, 5.41) is 0. The monoisotopic (exact) mass is 329 g/mol. The van der Waals surface area contributed by atoms with Gasteiger partial charge in [0.25, 0.3) is 0 Å². The highest BCUT2D eigenvalue weighted by Gasteiger charge is 2.23. The van der Waals surface area contributed by atoms with E-state index in [9.17, 15) is 8.42 Å². The van der Waals surface area contributed by atoms with Gasteiger partial charge >= 0.3 is 0 Å². The van der Waals surface area contributed by atoms with Crippen LogP contribution in [0.1, 0.15) is 40.5 Å². The summed E-state index contributed by atoms with van der Waals surface area (Å²) in [5.74, 6) is 1.08. The van der Waals surface area contributed by atoms with Crippen molar-refractivity contribution in [2.45, 2.75) is 45.4 Å². The van der Waals surface area contributed by atoms with Gasteiger partial charge < -0.3 is 9.47 Å². The third kappa shape index (κ3) is 4.61. The third-order valence-electron chi connectivity index (χ3n) is 3.18. The van der Waals surface area contributed by atoms with Crippen LogP contribution in [-0.2, 0) is 10.0 Å². The molecule has 0 fully saturated rings. The molecule has 0 aliphatic carbocycles. The van der Waals surface area contributed by atoms with Crippen molar-refractivity contribution < 1.29 is 17.9 Å². The summed E-state index contributed by atoms with van der Waals surface area (Å²) in [6.45, 7) is 9.66. The van der Waals surface area contributed by atoms with Gasteiger partial charge in [0, 0.05) is 19.2 Å². The molecule has 0 amide bonds. The minimum Gasteiger partial charge on any atom is -0.490 e. The van der Waals surface area contributed by atoms with Crippen LogP contribution in [0.3, 0.4) is 0 Å². The van der Waals surface area contributed by atoms with Crippen molar-refractivity contribution in [3.63, 3.8) is 0 Å². The van der Waals surface area contributed by atoms with Crippen LogP contribution in [0.25, 0.3) is 0 Å². The Morgan fingerprint density at radius 2 is 1.45 bits per heavy atom. The summed E-state index contributed by atoms with van der Waals surface area (Å²) in [6.07, 6.45) is 1.73. The van der Waals surface area contributed by atoms with Gasteiger partial charge in [0.1, 0.15) is 0 Å². The molecule has 1 rings (SSSR count). The highest BCUT2D eigenvalue weighted by molar-refractivity contribution is 7.89. The SMILES string of the molecule is CCCOc1ccc(S(=O)(=O)N(CC)CC)cc1OCCC. The molecule has 22 heavy (non-hydrogen) atoms. The van der Waals surface area contributed by atoms with E-state index in [4.69, 9.17) is 9.47 Å². The molecule has 0 bridgehead atoms. The molecule has 0 aliphatic heterocycles. The van der Waals surface area contributed by atoms with Gasteiger partial charge in [0.2, 0.25) is 10.0 Å². The smallest absolute Gasteiger partial charge is 0.243 e. The van der Waals surface area contributed by atoms with Crippen LogP contribution < -0.4 is 9.47 Å². The molecule has 1 aromatic rings. The van der Waals surface area contributed by atoms with Crippen molar-refractivity contribution in [3.8, 4) is 11.5 Å². The number of hydrogen-bond donors (Lipinski definition) is 0. The van der Waals surface area contributed by atoms with E-state index in [-0.39, 0.29) is 4.90 Å². The predicted octanol–water partition coefficient (Wildman–Crippen LogP) is 3.29. The Kier molecular flexibility index (Phi) is 7.68. The van der Waals surface area contributed by atoms with Gasteiger partial charge in [-0.3, -0.25) is 0 Å². The molecule has 5 nitrogen and oxygen atoms in total. The molecular weight excluding hydrogens is 302 g/mol. The molecule has 6 heteroatoms. The molecule has 0 heterocycles. The maximum absolute atomic E-state index is 12.6. The second-order valence-electron chi connectivity index (χ2n) is 4.89. The molecule has 0 aliphatic rings. The highest BCUT2D eigenvalue weighted by atomic mass is 32.2. The Labute approximate surface area is 134 Å². The van der Waals surface area contributed by atoms with Crippen molar-refractivity contribution in [1.29, 1.82) is 0 Å². The number of hydrogen-bond acceptors (Lipinski definition) is 4. The molecule has 126 valence electrons. The van der Waals surface area contributed by atoms with Crippen LogP contribution in [0.5, 0.6) is 11.5 Å². The van der Waals surface area contributed by atoms with Crippen molar-refractivity contribution in [3.05, 3.63) is 18.2 Å². The largest absolute Gasteiger partial charge is 0.490 e. The lowest BCUT2D eigenvalue weighted by Gasteiger charge is -2.20. The fourth-order valence-electron chi connectivity index (χ4n) is 2.02. The summed E-state index contributed by atoms with van der Waals surface area (Å²) in [6, 6.07) is 4.82. The van der Waals surface area contributed by atoms with E-state index in [1.54, 1.807) is 18.2 Å². The Morgan fingerprint density at radius 1 is 0.909 bits per heavy atom. The van der Waals surface area contributed by atoms with E-state index >= 15 is 0 Å². The molecule has 0 saturated heterocycles. The van der Waals surface area contributed by atoms with Crippen LogP contribution in [0.2, 0.25) is 0 Å². The molecule has 0 spiro atoms. The van der Waals surface area contributed by atoms with Crippen LogP contribution in [0.4, 0.5) is 0 Å². The Morgan fingerprint density at radius 3 is 1.95 bits per heavy atom. The fourth-order valence-corrected chi connectivity index (χ4v) is 3.49. The molecule has 0 unspecified atom stereocenters. The maximum Gasteiger partial charge on any atom is 0.243 e. The topological polar surface area (TPSA) is 55.8 Å². The van der Waals surface area contributed by atoms with Gasteiger partial charge in [0.05, 0.1) is 18.1 Å². The van der Waals surface area contributed by atoms with Crippen LogP contribution in [0.15, 0.2) is 23.1 Å². The lowest BCUT2D eigenvalue weighted by Crippen LogP contribution is -2.30. The molecule has 0 aromatic heterocycles. The average Bonchev–Trinajstić information content (AvgIpc) is 2.52. The predicted molar refractivity (Wildman–Crippen MR) is 88.1 cm³/mol. The molecule has 0 saturated carbocycles. The summed E-state index contributed by atoms with van der Waals surface area (Å²) in [4.78, 5) is 0.242. The zero-order chi connectivity index (χ0) is 16.6. The minimum absolute atomic E-state index is 0.242. The van der Waals surface area contributed by atoms with E-state index in [2.05, 4.69) is 0 Å². The molecule has 1 aromatic carbocycles. The normalized spacial score (nSPS) is 11.7. The zero-order valence-corrected chi connectivity index (χ0v) is 14.8. The van der Waals surface area contributed by atoms with Gasteiger partial charge in [-0.05, 0) is 25.0 Å². The molecule has 0 N–H and O–H groups in total. The minimum atomic E-state index is -3.49. The first-order valence-corrected chi connectivity index (χ1v) is 9.34. The number of rotatable bonds is 10. The quantitative estimate of drug-likeness (QED) is 0.661. The fraction of sp³-hybridized carbons (Fsp3) is 0.625. The Bertz CT molecular complexity index is 553. The van der Waals surface area contributed by atoms with Gasteiger partial charge in [-0.2, -0.15) is 4.31 Å². The first-order chi connectivity index (χ1) is 10.5. The van der Waals surface area contributed by atoms with Gasteiger partial charge in [-0.15, -0.1) is 0 Å². The Hall–Kier alpha value is -1.27. The van der Waals surface area contributed by atoms with Gasteiger partial charge in [-0.25, -0.2) is 8.42 Å². The van der Waals surface area contributed by atoms with E-state index in [1.807, 2.05) is 27.7 Å². The van der Waals surface area contributed by atoms with E-state index < -0.39 is 10.0 Å². The molecule has 0 radical (unpaired) electrons. The standard InChI is InChI=1S/C16H27NO4S/c1-5-11-20-15-10-9-14(13-16(15)21-12-6-2)22(18,19)17(7-3)8-4/h9-10,13H,5-8,11-12H2,1-4H3. The van der Waals surface area contributed by atoms with Gasteiger partial charge in [0.15, 0.2) is 11.5 Å². The average molecular weight is 329 g/mol. The molecular formula is C16H27NO4S. The van der Waals surface area contributed by atoms with E-state index in [0.29, 0.717) is 37.8 Å². The lowest BCUT2D eigenvalue weighted by molar-refractivity contribution is 0.267. The number of benzene rings is 1. The van der Waals surface area contributed by atoms with Crippen LogP contribution >= 0.6 is 0 Å². The highest BCUT2D eigenvalue weighted by Crippen LogP contribution is 2.31. The third-order valence-corrected chi connectivity index (χ3v) is 5.23. The number of ether oxygens (including phenoxy) is 2. The lowest BCUT2D eigenvalue weighted by atomic mass is 10.3. The maximum atomic E-state index is 12.6. The van der Waals surface area contributed by atoms with Gasteiger partial charge in [-0.1, -0.05) is 27.7 Å². The second-order valence-corrected chi connectivity index (χ2v) is 6.83. The van der Waals surface area contributed by atoms with E-state index in [1.165, 1.54) is 4.31 Å². The van der Waals surface area contributed by atoms with E-state index in [0.717, 1.165) is 12.8 Å². The summed E-state index contributed by atoms with van der Waals surface area (Å²) < 4.78 is 37.9. The van der Waals surface area contributed by atoms with Crippen molar-refractivity contribution in [1.82, 2.24) is 4.31 Å². The Balaban J connectivity index is 3.16. The first kappa shape index (κ1) is 18.8. The first-order valence-electron chi connectivity index (χ1n) is 7.90. The molecule has 0 atom stereocenters. The van der Waals surface area contributed by atoms with Crippen molar-refractivity contribution >= 4 is 10.0 Å². The van der Waals surface area contributed by atoms with Crippen molar-refractivity contribution in [2.24, 2.45) is 0 Å². The second kappa shape index (κ2) is 9.00. The van der Waals surface area contributed by atoms with Crippen molar-refractivity contribution in [2.75, 3.05) is 26.3 Å². The zero-order valence-electron chi connectivity index (χ0n) is 14.0. The summed E-state index contributed by atoms with van der Waals surface area (Å²) in [7, 11) is -3.49.